The van der Waals surface area contributed by atoms with Crippen LogP contribution < -0.4 is 11.5 Å². The standard InChI is InChI=1S/C10H20N2O3S/c11-7(10(14)15)4-2-1-3-5-9(13)8(12)6-16/h7-8,16H,1-6,11-12H2,(H,14,15)/t7-,8?/m0/s1. The third kappa shape index (κ3) is 6.81. The number of hydrogen-bond acceptors (Lipinski definition) is 5. The number of carbonyl (C=O) groups is 2. The summed E-state index contributed by atoms with van der Waals surface area (Å²) in [6.45, 7) is 0. The molecule has 2 atom stereocenters. The Hall–Kier alpha value is -0.590. The van der Waals surface area contributed by atoms with E-state index in [4.69, 9.17) is 16.6 Å². The van der Waals surface area contributed by atoms with Gasteiger partial charge in [0.2, 0.25) is 0 Å². The Morgan fingerprint density at radius 3 is 2.25 bits per heavy atom. The SMILES string of the molecule is NC(CS)C(=O)CCCCC[C@H](N)C(=O)O. The number of ketones is 1. The van der Waals surface area contributed by atoms with Crippen molar-refractivity contribution in [3.05, 3.63) is 0 Å². The van der Waals surface area contributed by atoms with Gasteiger partial charge >= 0.3 is 5.97 Å². The molecule has 0 fully saturated rings. The molecule has 0 aromatic rings. The lowest BCUT2D eigenvalue weighted by Crippen LogP contribution is -2.32. The molecular weight excluding hydrogens is 228 g/mol. The molecule has 6 heteroatoms. The minimum absolute atomic E-state index is 0.0116. The van der Waals surface area contributed by atoms with Crippen molar-refractivity contribution in [1.82, 2.24) is 0 Å². The summed E-state index contributed by atoms with van der Waals surface area (Å²) in [7, 11) is 0. The fourth-order valence-electron chi connectivity index (χ4n) is 1.25. The van der Waals surface area contributed by atoms with Gasteiger partial charge in [-0.05, 0) is 12.8 Å². The monoisotopic (exact) mass is 248 g/mol. The number of rotatable bonds is 9. The molecule has 0 aliphatic rings. The first-order valence-corrected chi connectivity index (χ1v) is 5.99. The second kappa shape index (κ2) is 8.55. The van der Waals surface area contributed by atoms with Crippen LogP contribution in [0.15, 0.2) is 0 Å². The second-order valence-electron chi connectivity index (χ2n) is 3.80. The van der Waals surface area contributed by atoms with Crippen molar-refractivity contribution >= 4 is 24.4 Å². The van der Waals surface area contributed by atoms with Crippen molar-refractivity contribution in [3.63, 3.8) is 0 Å². The molecule has 0 aliphatic heterocycles. The van der Waals surface area contributed by atoms with Crippen LogP contribution in [0, 0.1) is 0 Å². The first-order valence-electron chi connectivity index (χ1n) is 5.36. The molecule has 0 aromatic carbocycles. The second-order valence-corrected chi connectivity index (χ2v) is 4.16. The fourth-order valence-corrected chi connectivity index (χ4v) is 1.45. The first-order chi connectivity index (χ1) is 7.49. The number of carbonyl (C=O) groups excluding carboxylic acids is 1. The van der Waals surface area contributed by atoms with Gasteiger partial charge in [0, 0.05) is 12.2 Å². The molecule has 0 aromatic heterocycles. The quantitative estimate of drug-likeness (QED) is 0.344. The number of carboxylic acids is 1. The molecule has 94 valence electrons. The summed E-state index contributed by atoms with van der Waals surface area (Å²) in [4.78, 5) is 21.7. The van der Waals surface area contributed by atoms with Crippen LogP contribution in [0.3, 0.4) is 0 Å². The highest BCUT2D eigenvalue weighted by Crippen LogP contribution is 2.06. The fraction of sp³-hybridized carbons (Fsp3) is 0.800. The highest BCUT2D eigenvalue weighted by Gasteiger charge is 2.12. The lowest BCUT2D eigenvalue weighted by Gasteiger charge is -2.07. The topological polar surface area (TPSA) is 106 Å². The van der Waals surface area contributed by atoms with Crippen molar-refractivity contribution in [2.75, 3.05) is 5.75 Å². The van der Waals surface area contributed by atoms with Crippen molar-refractivity contribution in [1.29, 1.82) is 0 Å². The molecule has 0 aliphatic carbocycles. The van der Waals surface area contributed by atoms with Crippen LogP contribution in [-0.2, 0) is 9.59 Å². The molecule has 5 nitrogen and oxygen atoms in total. The van der Waals surface area contributed by atoms with E-state index in [1.54, 1.807) is 0 Å². The van der Waals surface area contributed by atoms with Gasteiger partial charge in [0.15, 0.2) is 0 Å². The highest BCUT2D eigenvalue weighted by atomic mass is 32.1. The number of unbranched alkanes of at least 4 members (excludes halogenated alkanes) is 2. The van der Waals surface area contributed by atoms with E-state index in [1.165, 1.54) is 0 Å². The summed E-state index contributed by atoms with van der Waals surface area (Å²) >= 11 is 3.94. The van der Waals surface area contributed by atoms with Crippen molar-refractivity contribution in [3.8, 4) is 0 Å². The Morgan fingerprint density at radius 1 is 1.12 bits per heavy atom. The Bertz CT molecular complexity index is 236. The number of aliphatic carboxylic acids is 1. The minimum atomic E-state index is -0.979. The average Bonchev–Trinajstić information content (AvgIpc) is 2.26. The molecule has 1 unspecified atom stereocenters. The van der Waals surface area contributed by atoms with Gasteiger partial charge in [-0.3, -0.25) is 9.59 Å². The molecule has 16 heavy (non-hydrogen) atoms. The molecule has 0 rings (SSSR count). The van der Waals surface area contributed by atoms with Crippen LogP contribution in [0.1, 0.15) is 32.1 Å². The maximum Gasteiger partial charge on any atom is 0.320 e. The molecule has 0 radical (unpaired) electrons. The number of carboxylic acid groups (broad SMARTS) is 1. The van der Waals surface area contributed by atoms with Gasteiger partial charge in [0.1, 0.15) is 11.8 Å². The molecule has 0 bridgehead atoms. The summed E-state index contributed by atoms with van der Waals surface area (Å²) in [5, 5.41) is 8.53. The Balaban J connectivity index is 3.47. The van der Waals surface area contributed by atoms with Crippen LogP contribution in [0.5, 0.6) is 0 Å². The normalized spacial score (nSPS) is 14.4. The van der Waals surface area contributed by atoms with Gasteiger partial charge in [-0.15, -0.1) is 0 Å². The maximum absolute atomic E-state index is 11.3. The number of hydrogen-bond donors (Lipinski definition) is 4. The predicted octanol–water partition coefficient (Wildman–Crippen LogP) is 0.175. The summed E-state index contributed by atoms with van der Waals surface area (Å²) in [6, 6.07) is -1.28. The van der Waals surface area contributed by atoms with E-state index in [2.05, 4.69) is 12.6 Å². The number of thiol groups is 1. The summed E-state index contributed by atoms with van der Waals surface area (Å²) < 4.78 is 0. The van der Waals surface area contributed by atoms with E-state index in [0.717, 1.165) is 19.3 Å². The van der Waals surface area contributed by atoms with Crippen LogP contribution >= 0.6 is 12.6 Å². The van der Waals surface area contributed by atoms with Gasteiger partial charge in [-0.2, -0.15) is 12.6 Å². The Morgan fingerprint density at radius 2 is 1.75 bits per heavy atom. The summed E-state index contributed by atoms with van der Waals surface area (Å²) in [6.07, 6.45) is 3.13. The molecule has 0 heterocycles. The van der Waals surface area contributed by atoms with Gasteiger partial charge in [0.05, 0.1) is 6.04 Å². The van der Waals surface area contributed by atoms with Crippen LogP contribution in [0.4, 0.5) is 0 Å². The van der Waals surface area contributed by atoms with E-state index in [0.29, 0.717) is 18.6 Å². The third-order valence-corrected chi connectivity index (χ3v) is 2.76. The van der Waals surface area contributed by atoms with E-state index in [9.17, 15) is 9.59 Å². The number of Topliss-reactive ketones (excluding diaryl/α,β-unsaturated/α-hetero) is 1. The number of nitrogens with two attached hydrogens (primary N) is 2. The zero-order chi connectivity index (χ0) is 12.6. The Kier molecular flexibility index (Phi) is 8.23. The van der Waals surface area contributed by atoms with E-state index in [-0.39, 0.29) is 5.78 Å². The van der Waals surface area contributed by atoms with Crippen molar-refractivity contribution in [2.45, 2.75) is 44.2 Å². The smallest absolute Gasteiger partial charge is 0.320 e. The summed E-state index contributed by atoms with van der Waals surface area (Å²) in [5.41, 5.74) is 10.8. The highest BCUT2D eigenvalue weighted by molar-refractivity contribution is 7.80. The lowest BCUT2D eigenvalue weighted by atomic mass is 10.0. The maximum atomic E-state index is 11.3. The molecule has 0 saturated carbocycles. The average molecular weight is 248 g/mol. The van der Waals surface area contributed by atoms with Crippen molar-refractivity contribution in [2.24, 2.45) is 11.5 Å². The van der Waals surface area contributed by atoms with Crippen LogP contribution in [0.25, 0.3) is 0 Å². The lowest BCUT2D eigenvalue weighted by molar-refractivity contribution is -0.138. The van der Waals surface area contributed by atoms with E-state index < -0.39 is 18.1 Å². The molecule has 0 amide bonds. The van der Waals surface area contributed by atoms with Gasteiger partial charge in [-0.1, -0.05) is 12.8 Å². The van der Waals surface area contributed by atoms with Crippen LogP contribution in [0.2, 0.25) is 0 Å². The van der Waals surface area contributed by atoms with Gasteiger partial charge < -0.3 is 16.6 Å². The van der Waals surface area contributed by atoms with E-state index in [1.807, 2.05) is 0 Å². The molecule has 5 N–H and O–H groups in total. The molecule has 0 spiro atoms. The van der Waals surface area contributed by atoms with Gasteiger partial charge in [-0.25, -0.2) is 0 Å². The molecule has 0 saturated heterocycles. The summed E-state index contributed by atoms with van der Waals surface area (Å²) in [5.74, 6) is -0.603. The third-order valence-electron chi connectivity index (χ3n) is 2.37. The Labute approximate surface area is 101 Å². The van der Waals surface area contributed by atoms with E-state index >= 15 is 0 Å². The largest absolute Gasteiger partial charge is 0.480 e. The van der Waals surface area contributed by atoms with Crippen molar-refractivity contribution < 1.29 is 14.7 Å². The predicted molar refractivity (Wildman–Crippen MR) is 65.5 cm³/mol. The molecular formula is C10H20N2O3S. The first kappa shape index (κ1) is 15.4. The van der Waals surface area contributed by atoms with Crippen LogP contribution in [-0.4, -0.2) is 34.7 Å². The zero-order valence-corrected chi connectivity index (χ0v) is 10.2. The van der Waals surface area contributed by atoms with Gasteiger partial charge in [0.25, 0.3) is 0 Å². The zero-order valence-electron chi connectivity index (χ0n) is 9.26. The minimum Gasteiger partial charge on any atom is -0.480 e.